The summed E-state index contributed by atoms with van der Waals surface area (Å²) >= 11 is 3.35. The van der Waals surface area contributed by atoms with Crippen molar-refractivity contribution in [1.82, 2.24) is 0 Å². The predicted molar refractivity (Wildman–Crippen MR) is 48.1 cm³/mol. The molecule has 0 radical (unpaired) electrons. The van der Waals surface area contributed by atoms with Crippen molar-refractivity contribution in [1.29, 1.82) is 0 Å². The molecule has 0 aromatic heterocycles. The van der Waals surface area contributed by atoms with Crippen LogP contribution in [-0.2, 0) is 0 Å². The van der Waals surface area contributed by atoms with Crippen LogP contribution in [0.2, 0.25) is 0 Å². The van der Waals surface area contributed by atoms with Crippen LogP contribution >= 0.6 is 15.9 Å². The molecule has 0 aliphatic carbocycles. The molecule has 0 aromatic rings. The molecule has 58 valence electrons. The zero-order valence-electron chi connectivity index (χ0n) is 6.61. The molecule has 0 saturated carbocycles. The summed E-state index contributed by atoms with van der Waals surface area (Å²) in [5.74, 6) is 0. The van der Waals surface area contributed by atoms with Crippen LogP contribution in [0.4, 0.5) is 0 Å². The van der Waals surface area contributed by atoms with Gasteiger partial charge in [-0.15, -0.1) is 0 Å². The minimum absolute atomic E-state index is 0.137. The molecular formula is C8H13BrO. The largest absolute Gasteiger partial charge is 0.392 e. The number of hydrogen-bond acceptors (Lipinski definition) is 1. The van der Waals surface area contributed by atoms with Gasteiger partial charge in [0.2, 0.25) is 0 Å². The lowest BCUT2D eigenvalue weighted by Crippen LogP contribution is -1.84. The Kier molecular flexibility index (Phi) is 4.65. The van der Waals surface area contributed by atoms with Crippen LogP contribution in [0.3, 0.4) is 0 Å². The molecule has 1 N–H and O–H groups in total. The standard InChI is InChI=1S/C8H13BrO/c1-6(5-10)4-7(2)8(3)9/h4,10H,5H2,1-3H3. The van der Waals surface area contributed by atoms with E-state index in [0.717, 1.165) is 15.6 Å². The third-order valence-electron chi connectivity index (χ3n) is 1.26. The van der Waals surface area contributed by atoms with Gasteiger partial charge in [-0.05, 0) is 36.4 Å². The lowest BCUT2D eigenvalue weighted by atomic mass is 10.2. The third kappa shape index (κ3) is 3.85. The van der Waals surface area contributed by atoms with E-state index < -0.39 is 0 Å². The van der Waals surface area contributed by atoms with Gasteiger partial charge in [0, 0.05) is 0 Å². The van der Waals surface area contributed by atoms with Crippen molar-refractivity contribution in [2.24, 2.45) is 0 Å². The van der Waals surface area contributed by atoms with Crippen molar-refractivity contribution >= 4 is 15.9 Å². The van der Waals surface area contributed by atoms with Crippen LogP contribution < -0.4 is 0 Å². The van der Waals surface area contributed by atoms with E-state index in [1.165, 1.54) is 0 Å². The van der Waals surface area contributed by atoms with Crippen molar-refractivity contribution in [2.45, 2.75) is 20.8 Å². The summed E-state index contributed by atoms with van der Waals surface area (Å²) in [6.07, 6.45) is 1.96. The zero-order valence-corrected chi connectivity index (χ0v) is 8.20. The zero-order chi connectivity index (χ0) is 8.15. The third-order valence-corrected chi connectivity index (χ3v) is 1.88. The Morgan fingerprint density at radius 3 is 2.20 bits per heavy atom. The second-order valence-corrected chi connectivity index (χ2v) is 3.55. The monoisotopic (exact) mass is 204 g/mol. The van der Waals surface area contributed by atoms with Crippen molar-refractivity contribution in [3.8, 4) is 0 Å². The van der Waals surface area contributed by atoms with Crippen molar-refractivity contribution in [3.05, 3.63) is 21.7 Å². The second kappa shape index (κ2) is 4.69. The molecule has 0 saturated heterocycles. The Labute approximate surface area is 70.6 Å². The highest BCUT2D eigenvalue weighted by Crippen LogP contribution is 2.12. The molecule has 0 aliphatic heterocycles. The van der Waals surface area contributed by atoms with Gasteiger partial charge in [-0.2, -0.15) is 0 Å². The highest BCUT2D eigenvalue weighted by atomic mass is 79.9. The van der Waals surface area contributed by atoms with Gasteiger partial charge in [0.1, 0.15) is 0 Å². The Balaban J connectivity index is 4.27. The highest BCUT2D eigenvalue weighted by Gasteiger charge is 1.89. The minimum Gasteiger partial charge on any atom is -0.392 e. The molecule has 0 amide bonds. The van der Waals surface area contributed by atoms with Crippen LogP contribution in [0.1, 0.15) is 20.8 Å². The fraction of sp³-hybridized carbons (Fsp3) is 0.500. The molecule has 0 spiro atoms. The topological polar surface area (TPSA) is 20.2 Å². The number of allylic oxidation sites excluding steroid dienone is 3. The van der Waals surface area contributed by atoms with Gasteiger partial charge in [0.05, 0.1) is 6.61 Å². The SMILES string of the molecule is CC(=CC(C)=C(C)Br)CO. The number of hydrogen-bond donors (Lipinski definition) is 1. The van der Waals surface area contributed by atoms with Crippen LogP contribution in [0.15, 0.2) is 21.7 Å². The van der Waals surface area contributed by atoms with Crippen molar-refractivity contribution in [3.63, 3.8) is 0 Å². The lowest BCUT2D eigenvalue weighted by Gasteiger charge is -1.96. The number of aliphatic hydroxyl groups excluding tert-OH is 1. The molecule has 0 fully saturated rings. The first kappa shape index (κ1) is 9.92. The molecule has 0 rings (SSSR count). The van der Waals surface area contributed by atoms with Crippen LogP contribution in [-0.4, -0.2) is 11.7 Å². The van der Waals surface area contributed by atoms with E-state index in [9.17, 15) is 0 Å². The Hall–Kier alpha value is -0.0800. The minimum atomic E-state index is 0.137. The normalized spacial score (nSPS) is 15.1. The van der Waals surface area contributed by atoms with Gasteiger partial charge in [-0.25, -0.2) is 0 Å². The van der Waals surface area contributed by atoms with Gasteiger partial charge >= 0.3 is 0 Å². The summed E-state index contributed by atoms with van der Waals surface area (Å²) in [6.45, 7) is 6.02. The number of aliphatic hydroxyl groups is 1. The molecule has 10 heavy (non-hydrogen) atoms. The van der Waals surface area contributed by atoms with E-state index >= 15 is 0 Å². The second-order valence-electron chi connectivity index (χ2n) is 2.37. The fourth-order valence-electron chi connectivity index (χ4n) is 0.515. The smallest absolute Gasteiger partial charge is 0.0642 e. The summed E-state index contributed by atoms with van der Waals surface area (Å²) in [5.41, 5.74) is 2.14. The highest BCUT2D eigenvalue weighted by molar-refractivity contribution is 9.11. The van der Waals surface area contributed by atoms with Crippen LogP contribution in [0.5, 0.6) is 0 Å². The molecule has 2 heteroatoms. The maximum atomic E-state index is 8.66. The Morgan fingerprint density at radius 1 is 1.40 bits per heavy atom. The van der Waals surface area contributed by atoms with Crippen molar-refractivity contribution in [2.75, 3.05) is 6.61 Å². The summed E-state index contributed by atoms with van der Waals surface area (Å²) in [7, 11) is 0. The molecular weight excluding hydrogens is 192 g/mol. The molecule has 1 nitrogen and oxygen atoms in total. The van der Waals surface area contributed by atoms with Crippen molar-refractivity contribution < 1.29 is 5.11 Å². The van der Waals surface area contributed by atoms with Gasteiger partial charge in [-0.3, -0.25) is 0 Å². The summed E-state index contributed by atoms with van der Waals surface area (Å²) in [5, 5.41) is 8.66. The van der Waals surface area contributed by atoms with Gasteiger partial charge in [0.15, 0.2) is 0 Å². The summed E-state index contributed by atoms with van der Waals surface area (Å²) < 4.78 is 1.11. The first-order chi connectivity index (χ1) is 4.57. The molecule has 0 heterocycles. The maximum Gasteiger partial charge on any atom is 0.0642 e. The lowest BCUT2D eigenvalue weighted by molar-refractivity contribution is 0.331. The van der Waals surface area contributed by atoms with Crippen LogP contribution in [0, 0.1) is 0 Å². The quantitative estimate of drug-likeness (QED) is 0.687. The number of rotatable bonds is 2. The first-order valence-corrected chi connectivity index (χ1v) is 3.98. The van der Waals surface area contributed by atoms with E-state index in [4.69, 9.17) is 5.11 Å². The summed E-state index contributed by atoms with van der Waals surface area (Å²) in [4.78, 5) is 0. The molecule has 0 unspecified atom stereocenters. The predicted octanol–water partition coefficient (Wildman–Crippen LogP) is 2.61. The fourth-order valence-corrected chi connectivity index (χ4v) is 0.629. The maximum absolute atomic E-state index is 8.66. The number of halogens is 1. The van der Waals surface area contributed by atoms with Gasteiger partial charge < -0.3 is 5.11 Å². The first-order valence-electron chi connectivity index (χ1n) is 3.19. The van der Waals surface area contributed by atoms with Crippen LogP contribution in [0.25, 0.3) is 0 Å². The van der Waals surface area contributed by atoms with Gasteiger partial charge in [-0.1, -0.05) is 22.0 Å². The van der Waals surface area contributed by atoms with Gasteiger partial charge in [0.25, 0.3) is 0 Å². The Bertz CT molecular complexity index is 164. The molecule has 0 atom stereocenters. The average molecular weight is 205 g/mol. The van der Waals surface area contributed by atoms with E-state index in [-0.39, 0.29) is 6.61 Å². The van der Waals surface area contributed by atoms with E-state index in [0.29, 0.717) is 0 Å². The average Bonchev–Trinajstić information content (AvgIpc) is 1.87. The summed E-state index contributed by atoms with van der Waals surface area (Å²) in [6, 6.07) is 0. The van der Waals surface area contributed by atoms with E-state index in [2.05, 4.69) is 15.9 Å². The molecule has 0 aliphatic rings. The molecule has 0 aromatic carbocycles. The Morgan fingerprint density at radius 2 is 1.90 bits per heavy atom. The molecule has 0 bridgehead atoms. The van der Waals surface area contributed by atoms with E-state index in [1.54, 1.807) is 0 Å². The van der Waals surface area contributed by atoms with E-state index in [1.807, 2.05) is 26.8 Å².